The maximum absolute atomic E-state index is 11.6. The maximum atomic E-state index is 11.6. The molecule has 0 bridgehead atoms. The fraction of sp³-hybridized carbons (Fsp3) is 0.412. The summed E-state index contributed by atoms with van der Waals surface area (Å²) in [6, 6.07) is 17.9. The van der Waals surface area contributed by atoms with E-state index in [2.05, 4.69) is 52.7 Å². The zero-order valence-corrected chi connectivity index (χ0v) is 25.2. The molecule has 5 aromatic rings. The van der Waals surface area contributed by atoms with E-state index in [4.69, 9.17) is 19.4 Å². The van der Waals surface area contributed by atoms with E-state index in [0.29, 0.717) is 37.5 Å². The molecule has 1 atom stereocenters. The van der Waals surface area contributed by atoms with Crippen LogP contribution >= 0.6 is 0 Å². The van der Waals surface area contributed by atoms with Crippen LogP contribution in [0.1, 0.15) is 72.5 Å². The minimum Gasteiger partial charge on any atom is -0.478 e. The number of fused-ring (bicyclic) bond motifs is 2. The number of hydrogen-bond donors (Lipinski definition) is 1. The third-order valence-corrected chi connectivity index (χ3v) is 8.91. The van der Waals surface area contributed by atoms with Crippen LogP contribution in [0.3, 0.4) is 0 Å². The molecule has 0 aliphatic carbocycles. The molecule has 2 aliphatic heterocycles. The van der Waals surface area contributed by atoms with Crippen molar-refractivity contribution in [2.45, 2.75) is 70.9 Å². The van der Waals surface area contributed by atoms with Crippen LogP contribution in [-0.2, 0) is 24.4 Å². The highest BCUT2D eigenvalue weighted by atomic mass is 16.5. The van der Waals surface area contributed by atoms with Gasteiger partial charge in [-0.2, -0.15) is 5.10 Å². The van der Waals surface area contributed by atoms with Gasteiger partial charge in [-0.25, -0.2) is 14.8 Å². The van der Waals surface area contributed by atoms with Gasteiger partial charge in [0.1, 0.15) is 12.4 Å². The van der Waals surface area contributed by atoms with Crippen LogP contribution in [0.5, 0.6) is 5.88 Å². The first kappa shape index (κ1) is 28.5. The first-order valence-corrected chi connectivity index (χ1v) is 15.5. The van der Waals surface area contributed by atoms with Gasteiger partial charge in [0, 0.05) is 35.7 Å². The molecule has 2 aromatic carbocycles. The van der Waals surface area contributed by atoms with Crippen LogP contribution in [0.4, 0.5) is 0 Å². The van der Waals surface area contributed by atoms with Crippen LogP contribution in [-0.4, -0.2) is 66.1 Å². The summed E-state index contributed by atoms with van der Waals surface area (Å²) in [6.07, 6.45) is 5.08. The van der Waals surface area contributed by atoms with Crippen molar-refractivity contribution in [3.05, 3.63) is 83.4 Å². The zero-order chi connectivity index (χ0) is 30.2. The zero-order valence-electron chi connectivity index (χ0n) is 25.2. The van der Waals surface area contributed by atoms with Gasteiger partial charge in [0.25, 0.3) is 0 Å². The average molecular weight is 595 g/mol. The Morgan fingerprint density at radius 2 is 1.89 bits per heavy atom. The lowest BCUT2D eigenvalue weighted by Gasteiger charge is -2.32. The number of carboxylic acids is 1. The predicted molar refractivity (Wildman–Crippen MR) is 167 cm³/mol. The molecule has 0 unspecified atom stereocenters. The van der Waals surface area contributed by atoms with Gasteiger partial charge in [0.05, 0.1) is 47.5 Å². The van der Waals surface area contributed by atoms with Crippen molar-refractivity contribution in [1.29, 1.82) is 0 Å². The van der Waals surface area contributed by atoms with E-state index in [1.54, 1.807) is 12.1 Å². The van der Waals surface area contributed by atoms with Crippen LogP contribution < -0.4 is 4.74 Å². The van der Waals surface area contributed by atoms with E-state index < -0.39 is 5.97 Å². The van der Waals surface area contributed by atoms with Crippen molar-refractivity contribution in [2.24, 2.45) is 0 Å². The molecule has 0 saturated carbocycles. The van der Waals surface area contributed by atoms with Crippen LogP contribution in [0, 0.1) is 0 Å². The summed E-state index contributed by atoms with van der Waals surface area (Å²) in [5.41, 5.74) is 5.24. The third kappa shape index (κ3) is 5.79. The lowest BCUT2D eigenvalue weighted by molar-refractivity contribution is -0.0592. The minimum atomic E-state index is -0.928. The molecule has 0 spiro atoms. The fourth-order valence-corrected chi connectivity index (χ4v) is 6.33. The topological polar surface area (TPSA) is 108 Å². The Labute approximate surface area is 256 Å². The number of aromatic carboxylic acids is 1. The molecule has 2 fully saturated rings. The Hall–Kier alpha value is -4.28. The number of pyridine rings is 1. The molecule has 0 amide bonds. The molecule has 44 heavy (non-hydrogen) atoms. The summed E-state index contributed by atoms with van der Waals surface area (Å²) in [7, 11) is 0. The van der Waals surface area contributed by atoms with Crippen molar-refractivity contribution < 1.29 is 19.4 Å². The SMILES string of the molecule is CC(C)n1ncc2ccc(COc3cccc(C4CCN(Cc5nc6ccc(C(=O)O)cc6n5C[C@@H]5CCO5)CC4)n3)cc21. The Morgan fingerprint density at radius 3 is 2.64 bits per heavy atom. The van der Waals surface area contributed by atoms with Crippen molar-refractivity contribution in [3.63, 3.8) is 0 Å². The van der Waals surface area contributed by atoms with E-state index >= 15 is 0 Å². The largest absolute Gasteiger partial charge is 0.478 e. The first-order chi connectivity index (χ1) is 21.4. The molecular formula is C34H38N6O4. The highest BCUT2D eigenvalue weighted by Crippen LogP contribution is 2.30. The average Bonchev–Trinajstić information content (AvgIpc) is 3.59. The Bertz CT molecular complexity index is 1800. The van der Waals surface area contributed by atoms with Gasteiger partial charge >= 0.3 is 5.97 Å². The van der Waals surface area contributed by atoms with E-state index in [0.717, 1.165) is 78.0 Å². The van der Waals surface area contributed by atoms with Gasteiger partial charge in [-0.15, -0.1) is 0 Å². The monoisotopic (exact) mass is 594 g/mol. The van der Waals surface area contributed by atoms with E-state index in [1.807, 2.05) is 29.1 Å². The summed E-state index contributed by atoms with van der Waals surface area (Å²) in [6.45, 7) is 8.78. The lowest BCUT2D eigenvalue weighted by Crippen LogP contribution is -2.35. The maximum Gasteiger partial charge on any atom is 0.335 e. The number of imidazole rings is 1. The standard InChI is InChI=1S/C34H38N6O4/c1-22(2)40-30-16-23(6-7-26(30)18-35-40)21-44-33-5-3-4-28(37-33)24-10-13-38(14-11-24)20-32-36-29-9-8-25(34(41)42)17-31(29)39(32)19-27-12-15-43-27/h3-9,16-18,22,24,27H,10-15,19-21H2,1-2H3,(H,41,42)/t27-/m0/s1. The summed E-state index contributed by atoms with van der Waals surface area (Å²) in [5, 5.41) is 15.2. The summed E-state index contributed by atoms with van der Waals surface area (Å²) < 4.78 is 16.1. The molecule has 10 nitrogen and oxygen atoms in total. The van der Waals surface area contributed by atoms with Gasteiger partial charge in [0.2, 0.25) is 5.88 Å². The van der Waals surface area contributed by atoms with Gasteiger partial charge in [0.15, 0.2) is 0 Å². The molecule has 1 N–H and O–H groups in total. The molecule has 10 heteroatoms. The number of nitrogens with zero attached hydrogens (tertiary/aromatic N) is 6. The third-order valence-electron chi connectivity index (χ3n) is 8.91. The number of carbonyl (C=O) groups is 1. The summed E-state index contributed by atoms with van der Waals surface area (Å²) >= 11 is 0. The number of rotatable bonds is 10. The smallest absolute Gasteiger partial charge is 0.335 e. The van der Waals surface area contributed by atoms with Crippen LogP contribution in [0.2, 0.25) is 0 Å². The molecule has 3 aromatic heterocycles. The number of aromatic nitrogens is 5. The summed E-state index contributed by atoms with van der Waals surface area (Å²) in [5.74, 6) is 1.05. The van der Waals surface area contributed by atoms with Gasteiger partial charge in [-0.1, -0.05) is 18.2 Å². The van der Waals surface area contributed by atoms with E-state index in [9.17, 15) is 9.90 Å². The highest BCUT2D eigenvalue weighted by molar-refractivity contribution is 5.92. The first-order valence-electron chi connectivity index (χ1n) is 15.5. The van der Waals surface area contributed by atoms with Gasteiger partial charge in [-0.3, -0.25) is 9.58 Å². The van der Waals surface area contributed by atoms with Crippen molar-refractivity contribution in [3.8, 4) is 5.88 Å². The highest BCUT2D eigenvalue weighted by Gasteiger charge is 2.26. The number of carboxylic acid groups (broad SMARTS) is 1. The minimum absolute atomic E-state index is 0.150. The normalized spacial score (nSPS) is 17.8. The lowest BCUT2D eigenvalue weighted by atomic mass is 9.93. The van der Waals surface area contributed by atoms with E-state index in [1.165, 1.54) is 0 Å². The molecule has 2 aliphatic rings. The number of likely N-dealkylation sites (tertiary alicyclic amines) is 1. The molecule has 7 rings (SSSR count). The molecule has 5 heterocycles. The number of piperidine rings is 1. The van der Waals surface area contributed by atoms with Crippen molar-refractivity contribution >= 4 is 27.9 Å². The van der Waals surface area contributed by atoms with Crippen molar-refractivity contribution in [1.82, 2.24) is 29.2 Å². The Balaban J connectivity index is 0.997. The molecular weight excluding hydrogens is 556 g/mol. The van der Waals surface area contributed by atoms with Crippen molar-refractivity contribution in [2.75, 3.05) is 19.7 Å². The van der Waals surface area contributed by atoms with Crippen LogP contribution in [0.15, 0.2) is 60.8 Å². The Kier molecular flexibility index (Phi) is 7.78. The molecule has 228 valence electrons. The fourth-order valence-electron chi connectivity index (χ4n) is 6.33. The molecule has 2 saturated heterocycles. The second kappa shape index (κ2) is 12.0. The van der Waals surface area contributed by atoms with E-state index in [-0.39, 0.29) is 11.7 Å². The number of hydrogen-bond acceptors (Lipinski definition) is 7. The second-order valence-corrected chi connectivity index (χ2v) is 12.2. The second-order valence-electron chi connectivity index (χ2n) is 12.2. The predicted octanol–water partition coefficient (Wildman–Crippen LogP) is 5.81. The molecule has 0 radical (unpaired) electrons. The summed E-state index contributed by atoms with van der Waals surface area (Å²) in [4.78, 5) is 23.9. The Morgan fingerprint density at radius 1 is 1.05 bits per heavy atom. The quantitative estimate of drug-likeness (QED) is 0.216. The van der Waals surface area contributed by atoms with Crippen LogP contribution in [0.25, 0.3) is 21.9 Å². The van der Waals surface area contributed by atoms with Gasteiger partial charge in [-0.05, 0) is 82.1 Å². The number of benzene rings is 2. The van der Waals surface area contributed by atoms with Gasteiger partial charge < -0.3 is 19.1 Å². The number of ether oxygens (including phenoxy) is 2.